The number of phenols is 1. The highest BCUT2D eigenvalue weighted by Gasteiger charge is 2.41. The van der Waals surface area contributed by atoms with Crippen molar-refractivity contribution in [1.29, 1.82) is 0 Å². The molecule has 0 spiro atoms. The number of likely N-dealkylation sites (tertiary alicyclic amines) is 2. The molecule has 2 fully saturated rings. The Morgan fingerprint density at radius 3 is 1.62 bits per heavy atom. The lowest BCUT2D eigenvalue weighted by molar-refractivity contribution is -0.142. The number of nitrogens with one attached hydrogen (secondary N) is 8. The zero-order chi connectivity index (χ0) is 66.6. The molecule has 0 unspecified atom stereocenters. The number of guanidine groups is 2. The quantitative estimate of drug-likeness (QED) is 0.0178. The molecule has 4 rings (SSSR count). The highest BCUT2D eigenvalue weighted by atomic mass is 32.2. The van der Waals surface area contributed by atoms with Gasteiger partial charge in [0.05, 0.1) is 12.6 Å². The van der Waals surface area contributed by atoms with Gasteiger partial charge in [-0.3, -0.25) is 62.7 Å². The molecule has 30 nitrogen and oxygen atoms in total. The molecule has 0 aromatic heterocycles. The molecule has 2 aliphatic heterocycles. The van der Waals surface area contributed by atoms with Crippen molar-refractivity contribution in [3.63, 3.8) is 0 Å². The summed E-state index contributed by atoms with van der Waals surface area (Å²) in [6.45, 7) is 6.41. The number of hydrogen-bond acceptors (Lipinski definition) is 16. The summed E-state index contributed by atoms with van der Waals surface area (Å²) in [5, 5.41) is 31.4. The second kappa shape index (κ2) is 37.3. The van der Waals surface area contributed by atoms with Gasteiger partial charge in [-0.15, -0.1) is 0 Å². The topological polar surface area (TPSA) is 492 Å². The lowest BCUT2D eigenvalue weighted by atomic mass is 10.0. The van der Waals surface area contributed by atoms with Crippen LogP contribution in [0, 0.1) is 5.92 Å². The summed E-state index contributed by atoms with van der Waals surface area (Å²) in [5.74, 6) is -7.77. The molecule has 90 heavy (non-hydrogen) atoms. The van der Waals surface area contributed by atoms with Gasteiger partial charge in [0.15, 0.2) is 11.9 Å². The summed E-state index contributed by atoms with van der Waals surface area (Å²) in [6, 6.07) is 3.08. The Morgan fingerprint density at radius 2 is 1.07 bits per heavy atom. The SMILES string of the molecule is CSCC[C@H](NC(=O)[C@H](CCCN=C(N)N)NC(=O)[C@@H]1CCCN1C(=O)[C@H](Cc1ccccc1)NC(=O)[C@H](C)NC(=O)[C@H](CC(C)C)NC(=O)[C@H](Cc1ccc(O)cc1)NC(=O)CNC(=O)[C@@H]1CCCN1C(=O)[C@H](CCCN=C(N)N)NC(=O)[C@H](C)N)C(N)=O. The third-order valence-corrected chi connectivity index (χ3v) is 15.6. The largest absolute Gasteiger partial charge is 0.508 e. The van der Waals surface area contributed by atoms with Gasteiger partial charge in [-0.1, -0.05) is 56.3 Å². The highest BCUT2D eigenvalue weighted by molar-refractivity contribution is 7.98. The van der Waals surface area contributed by atoms with E-state index in [1.807, 2.05) is 6.26 Å². The van der Waals surface area contributed by atoms with Gasteiger partial charge >= 0.3 is 0 Å². The summed E-state index contributed by atoms with van der Waals surface area (Å²) in [5.41, 5.74) is 34.4. The molecule has 2 heterocycles. The van der Waals surface area contributed by atoms with E-state index in [4.69, 9.17) is 34.4 Å². The van der Waals surface area contributed by atoms with Crippen molar-refractivity contribution >= 4 is 88.7 Å². The van der Waals surface area contributed by atoms with Crippen molar-refractivity contribution in [3.05, 3.63) is 65.7 Å². The maximum absolute atomic E-state index is 14.7. The molecular formula is C59H92N18O12S. The number of nitrogens with two attached hydrogens (primary N) is 6. The van der Waals surface area contributed by atoms with Crippen LogP contribution in [0.5, 0.6) is 5.75 Å². The van der Waals surface area contributed by atoms with E-state index in [0.717, 1.165) is 0 Å². The molecule has 2 aromatic carbocycles. The number of thioether (sulfide) groups is 1. The predicted molar refractivity (Wildman–Crippen MR) is 339 cm³/mol. The number of primary amides is 1. The number of phenolic OH excluding ortho intramolecular Hbond substituents is 1. The highest BCUT2D eigenvalue weighted by Crippen LogP contribution is 2.23. The van der Waals surface area contributed by atoms with E-state index in [1.165, 1.54) is 59.7 Å². The van der Waals surface area contributed by atoms with Crippen molar-refractivity contribution in [1.82, 2.24) is 52.3 Å². The van der Waals surface area contributed by atoms with Crippen molar-refractivity contribution in [3.8, 4) is 5.75 Å². The zero-order valence-electron chi connectivity index (χ0n) is 51.9. The van der Waals surface area contributed by atoms with Crippen molar-refractivity contribution in [2.45, 2.75) is 165 Å². The van der Waals surface area contributed by atoms with E-state index in [-0.39, 0.29) is 108 Å². The number of carbonyl (C=O) groups excluding carboxylic acids is 11. The van der Waals surface area contributed by atoms with Crippen LogP contribution in [-0.4, -0.2) is 197 Å². The smallest absolute Gasteiger partial charge is 0.246 e. The van der Waals surface area contributed by atoms with Gasteiger partial charge in [0, 0.05) is 39.0 Å². The number of hydrogen-bond donors (Lipinski definition) is 15. The fourth-order valence-corrected chi connectivity index (χ4v) is 10.7. The molecule has 0 aliphatic carbocycles. The van der Waals surface area contributed by atoms with Gasteiger partial charge in [-0.2, -0.15) is 11.8 Å². The van der Waals surface area contributed by atoms with E-state index in [1.54, 1.807) is 44.2 Å². The van der Waals surface area contributed by atoms with E-state index in [9.17, 15) is 57.8 Å². The van der Waals surface area contributed by atoms with Crippen LogP contribution >= 0.6 is 11.8 Å². The average molecular weight is 1280 g/mol. The van der Waals surface area contributed by atoms with Crippen LogP contribution in [-0.2, 0) is 65.6 Å². The number of rotatable bonds is 36. The monoisotopic (exact) mass is 1280 g/mol. The molecule has 0 bridgehead atoms. The third-order valence-electron chi connectivity index (χ3n) is 14.9. The van der Waals surface area contributed by atoms with Crippen molar-refractivity contribution < 1.29 is 57.8 Å². The number of nitrogens with zero attached hydrogens (tertiary/aromatic N) is 4. The molecule has 31 heteroatoms. The number of aromatic hydroxyl groups is 1. The lowest BCUT2D eigenvalue weighted by Crippen LogP contribution is -2.60. The van der Waals surface area contributed by atoms with E-state index in [2.05, 4.69) is 52.5 Å². The Kier molecular flexibility index (Phi) is 30.6. The minimum atomic E-state index is -1.37. The Bertz CT molecular complexity index is 2840. The zero-order valence-corrected chi connectivity index (χ0v) is 52.7. The number of benzene rings is 2. The second-order valence-electron chi connectivity index (χ2n) is 22.8. The molecule has 11 amide bonds. The molecule has 2 saturated heterocycles. The minimum Gasteiger partial charge on any atom is -0.508 e. The molecule has 2 aromatic rings. The third kappa shape index (κ3) is 24.7. The molecular weight excluding hydrogens is 1180 g/mol. The Balaban J connectivity index is 1.49. The Morgan fingerprint density at radius 1 is 0.567 bits per heavy atom. The van der Waals surface area contributed by atoms with Crippen LogP contribution in [0.2, 0.25) is 0 Å². The predicted octanol–water partition coefficient (Wildman–Crippen LogP) is -3.57. The van der Waals surface area contributed by atoms with Crippen LogP contribution in [0.4, 0.5) is 0 Å². The van der Waals surface area contributed by atoms with Crippen LogP contribution in [0.15, 0.2) is 64.6 Å². The second-order valence-corrected chi connectivity index (χ2v) is 23.8. The average Bonchev–Trinajstić information content (AvgIpc) is 4.03. The summed E-state index contributed by atoms with van der Waals surface area (Å²) < 4.78 is 0. The molecule has 0 radical (unpaired) electrons. The first-order valence-corrected chi connectivity index (χ1v) is 31.5. The van der Waals surface area contributed by atoms with Gasteiger partial charge in [0.1, 0.15) is 60.1 Å². The maximum atomic E-state index is 14.7. The Labute approximate surface area is 528 Å². The normalized spacial score (nSPS) is 17.1. The molecule has 10 atom stereocenters. The maximum Gasteiger partial charge on any atom is 0.246 e. The van der Waals surface area contributed by atoms with E-state index in [0.29, 0.717) is 36.1 Å². The van der Waals surface area contributed by atoms with Gasteiger partial charge in [-0.05, 0) is 119 Å². The molecule has 2 aliphatic rings. The first-order valence-electron chi connectivity index (χ1n) is 30.2. The van der Waals surface area contributed by atoms with Crippen LogP contribution in [0.25, 0.3) is 0 Å². The number of amides is 11. The number of aliphatic imine (C=N–C) groups is 2. The van der Waals surface area contributed by atoms with Gasteiger partial charge in [-0.25, -0.2) is 0 Å². The van der Waals surface area contributed by atoms with Crippen LogP contribution < -0.4 is 76.9 Å². The lowest BCUT2D eigenvalue weighted by Gasteiger charge is -2.31. The van der Waals surface area contributed by atoms with E-state index < -0.39 is 132 Å². The van der Waals surface area contributed by atoms with Crippen molar-refractivity contribution in [2.75, 3.05) is 44.7 Å². The molecule has 496 valence electrons. The first kappa shape index (κ1) is 73.7. The minimum absolute atomic E-state index is 0.0279. The van der Waals surface area contributed by atoms with E-state index >= 15 is 0 Å². The number of carbonyl (C=O) groups is 11. The summed E-state index contributed by atoms with van der Waals surface area (Å²) >= 11 is 1.45. The summed E-state index contributed by atoms with van der Waals surface area (Å²) in [7, 11) is 0. The molecule has 21 N–H and O–H groups in total. The standard InChI is InChI=1S/C59H92N18O12S/c1-33(2)29-42(74-53(85)43(30-37-19-21-38(78)22-20-37)70-47(79)32-68-54(86)45-17-11-26-76(45)56(88)41(73-49(81)34(3)60)16-10-25-67-59(64)65)52(84)69-35(4)50(82)75-44(31-36-13-7-6-8-14-36)57(89)77-27-12-18-46(77)55(87)72-40(15-9-24-66-58(62)63)51(83)71-39(48(61)80)23-28-90-5/h6-8,13-14,19-22,33-35,39-46,78H,9-12,15-18,23-32,60H2,1-5H3,(H2,61,80)(H,68,86)(H,69,84)(H,70,79)(H,71,83)(H,72,87)(H,73,81)(H,74,85)(H,75,82)(H4,62,63,66)(H4,64,65,67)/t34-,35-,39-,40-,41-,42-,43-,44-,45-,46-/m0/s1. The van der Waals surface area contributed by atoms with Gasteiger partial charge in [0.25, 0.3) is 0 Å². The van der Waals surface area contributed by atoms with Crippen molar-refractivity contribution in [2.24, 2.45) is 50.3 Å². The Hall–Kier alpha value is -8.74. The fraction of sp³-hybridized carbons (Fsp3) is 0.576. The summed E-state index contributed by atoms with van der Waals surface area (Å²) in [4.78, 5) is 162. The fourth-order valence-electron chi connectivity index (χ4n) is 10.2. The van der Waals surface area contributed by atoms with Gasteiger partial charge in [0.2, 0.25) is 65.0 Å². The van der Waals surface area contributed by atoms with Crippen LogP contribution in [0.1, 0.15) is 103 Å². The summed E-state index contributed by atoms with van der Waals surface area (Å²) in [6.07, 6.45) is 4.00. The van der Waals surface area contributed by atoms with Crippen LogP contribution in [0.3, 0.4) is 0 Å². The molecule has 0 saturated carbocycles. The van der Waals surface area contributed by atoms with Gasteiger partial charge < -0.3 is 91.8 Å². The first-order chi connectivity index (χ1) is 42.7.